The summed E-state index contributed by atoms with van der Waals surface area (Å²) in [4.78, 5) is 11.8. The summed E-state index contributed by atoms with van der Waals surface area (Å²) in [5.41, 5.74) is 14.9. The molecular weight excluding hydrogens is 303 g/mol. The number of nitrogen functional groups attached to an aromatic ring is 1. The molecule has 0 heterocycles. The molecule has 1 saturated carbocycles. The number of benzene rings is 3. The van der Waals surface area contributed by atoms with Gasteiger partial charge in [0, 0.05) is 16.8 Å². The van der Waals surface area contributed by atoms with Crippen molar-refractivity contribution in [1.29, 1.82) is 0 Å². The van der Waals surface area contributed by atoms with Gasteiger partial charge in [0.25, 0.3) is 0 Å². The third-order valence-electron chi connectivity index (χ3n) is 4.66. The van der Waals surface area contributed by atoms with Crippen molar-refractivity contribution in [3.8, 4) is 11.1 Å². The summed E-state index contributed by atoms with van der Waals surface area (Å²) < 4.78 is 13.9. The Labute approximate surface area is 139 Å². The van der Waals surface area contributed by atoms with Crippen LogP contribution in [0.3, 0.4) is 0 Å². The Morgan fingerprint density at radius 1 is 1.04 bits per heavy atom. The van der Waals surface area contributed by atoms with Gasteiger partial charge in [-0.15, -0.1) is 0 Å². The van der Waals surface area contributed by atoms with Crippen molar-refractivity contribution in [1.82, 2.24) is 0 Å². The van der Waals surface area contributed by atoms with Crippen LogP contribution in [0.2, 0.25) is 0 Å². The van der Waals surface area contributed by atoms with Crippen LogP contribution in [-0.2, 0) is 0 Å². The second-order valence-electron chi connectivity index (χ2n) is 6.30. The molecule has 0 aromatic heterocycles. The average molecular weight is 320 g/mol. The van der Waals surface area contributed by atoms with Gasteiger partial charge in [-0.25, -0.2) is 4.39 Å². The van der Waals surface area contributed by atoms with Crippen molar-refractivity contribution in [2.24, 2.45) is 5.73 Å². The van der Waals surface area contributed by atoms with Crippen LogP contribution >= 0.6 is 0 Å². The lowest BCUT2D eigenvalue weighted by Gasteiger charge is -2.15. The lowest BCUT2D eigenvalue weighted by molar-refractivity contribution is 0.100. The molecule has 0 bridgehead atoms. The summed E-state index contributed by atoms with van der Waals surface area (Å²) >= 11 is 0. The van der Waals surface area contributed by atoms with E-state index >= 15 is 0 Å². The third kappa shape index (κ3) is 2.31. The first-order chi connectivity index (χ1) is 11.6. The number of rotatable bonds is 3. The van der Waals surface area contributed by atoms with Crippen molar-refractivity contribution < 1.29 is 9.18 Å². The van der Waals surface area contributed by atoms with Crippen LogP contribution in [0, 0.1) is 5.82 Å². The topological polar surface area (TPSA) is 69.1 Å². The molecular formula is C20H17FN2O. The molecule has 0 saturated heterocycles. The smallest absolute Gasteiger partial charge is 0.249 e. The summed E-state index contributed by atoms with van der Waals surface area (Å²) in [7, 11) is 0. The zero-order valence-corrected chi connectivity index (χ0v) is 13.1. The first-order valence-electron chi connectivity index (χ1n) is 7.97. The number of nitrogens with two attached hydrogens (primary N) is 2. The number of fused-ring (bicyclic) bond motifs is 1. The Hall–Kier alpha value is -2.88. The van der Waals surface area contributed by atoms with E-state index in [1.165, 1.54) is 36.6 Å². The molecule has 4 heteroatoms. The average Bonchev–Trinajstić information content (AvgIpc) is 3.38. The van der Waals surface area contributed by atoms with Crippen molar-refractivity contribution in [3.63, 3.8) is 0 Å². The van der Waals surface area contributed by atoms with Gasteiger partial charge in [-0.3, -0.25) is 4.79 Å². The number of carbonyl (C=O) groups is 1. The van der Waals surface area contributed by atoms with Crippen molar-refractivity contribution >= 4 is 22.4 Å². The molecule has 1 amide bonds. The largest absolute Gasteiger partial charge is 0.398 e. The quantitative estimate of drug-likeness (QED) is 0.710. The SMILES string of the molecule is NC(=O)c1ccc(F)cc1-c1c(N)ccc2c(C3CC3)cccc12. The fourth-order valence-corrected chi connectivity index (χ4v) is 3.39. The Balaban J connectivity index is 2.07. The highest BCUT2D eigenvalue weighted by atomic mass is 19.1. The summed E-state index contributed by atoms with van der Waals surface area (Å²) in [6.07, 6.45) is 2.37. The van der Waals surface area contributed by atoms with Crippen LogP contribution < -0.4 is 11.5 Å². The maximum atomic E-state index is 13.9. The van der Waals surface area contributed by atoms with Gasteiger partial charge >= 0.3 is 0 Å². The Morgan fingerprint density at radius 2 is 1.83 bits per heavy atom. The molecule has 120 valence electrons. The van der Waals surface area contributed by atoms with Gasteiger partial charge in [-0.1, -0.05) is 24.3 Å². The van der Waals surface area contributed by atoms with Gasteiger partial charge in [-0.2, -0.15) is 0 Å². The maximum Gasteiger partial charge on any atom is 0.249 e. The third-order valence-corrected chi connectivity index (χ3v) is 4.66. The van der Waals surface area contributed by atoms with Gasteiger partial charge in [-0.05, 0) is 64.9 Å². The van der Waals surface area contributed by atoms with E-state index in [0.717, 1.165) is 10.8 Å². The maximum absolute atomic E-state index is 13.9. The fraction of sp³-hybridized carbons (Fsp3) is 0.150. The first kappa shape index (κ1) is 14.7. The van der Waals surface area contributed by atoms with Gasteiger partial charge < -0.3 is 11.5 Å². The highest BCUT2D eigenvalue weighted by Gasteiger charge is 2.26. The van der Waals surface area contributed by atoms with Crippen molar-refractivity contribution in [2.45, 2.75) is 18.8 Å². The van der Waals surface area contributed by atoms with Crippen LogP contribution in [0.1, 0.15) is 34.7 Å². The fourth-order valence-electron chi connectivity index (χ4n) is 3.39. The molecule has 0 radical (unpaired) electrons. The molecule has 4 rings (SSSR count). The van der Waals surface area contributed by atoms with Crippen LogP contribution in [-0.4, -0.2) is 5.91 Å². The minimum Gasteiger partial charge on any atom is -0.398 e. The number of carbonyl (C=O) groups excluding carboxylic acids is 1. The molecule has 0 unspecified atom stereocenters. The summed E-state index contributed by atoms with van der Waals surface area (Å²) in [5, 5.41) is 2.02. The Bertz CT molecular complexity index is 977. The molecule has 0 spiro atoms. The normalized spacial score (nSPS) is 14.0. The molecule has 3 aromatic rings. The van der Waals surface area contributed by atoms with E-state index in [-0.39, 0.29) is 5.56 Å². The highest BCUT2D eigenvalue weighted by Crippen LogP contribution is 2.45. The number of anilines is 1. The minimum atomic E-state index is -0.597. The number of primary amides is 1. The summed E-state index contributed by atoms with van der Waals surface area (Å²) in [6.45, 7) is 0. The molecule has 0 atom stereocenters. The number of hydrogen-bond acceptors (Lipinski definition) is 2. The number of amides is 1. The van der Waals surface area contributed by atoms with E-state index in [0.29, 0.717) is 22.7 Å². The second kappa shape index (κ2) is 5.34. The number of halogens is 1. The van der Waals surface area contributed by atoms with Gasteiger partial charge in [0.15, 0.2) is 0 Å². The molecule has 4 N–H and O–H groups in total. The zero-order valence-electron chi connectivity index (χ0n) is 13.1. The summed E-state index contributed by atoms with van der Waals surface area (Å²) in [6, 6.07) is 13.9. The molecule has 0 aliphatic heterocycles. The van der Waals surface area contributed by atoms with E-state index < -0.39 is 11.7 Å². The van der Waals surface area contributed by atoms with E-state index in [1.807, 2.05) is 24.3 Å². The van der Waals surface area contributed by atoms with E-state index in [9.17, 15) is 9.18 Å². The second-order valence-corrected chi connectivity index (χ2v) is 6.30. The lowest BCUT2D eigenvalue weighted by Crippen LogP contribution is -2.13. The van der Waals surface area contributed by atoms with E-state index in [2.05, 4.69) is 6.07 Å². The van der Waals surface area contributed by atoms with Gasteiger partial charge in [0.2, 0.25) is 5.91 Å². The van der Waals surface area contributed by atoms with Crippen molar-refractivity contribution in [3.05, 3.63) is 65.5 Å². The van der Waals surface area contributed by atoms with E-state index in [1.54, 1.807) is 0 Å². The first-order valence-corrected chi connectivity index (χ1v) is 7.97. The summed E-state index contributed by atoms with van der Waals surface area (Å²) in [5.74, 6) is -0.446. The predicted octanol–water partition coefficient (Wildman–Crippen LogP) is 4.20. The van der Waals surface area contributed by atoms with Crippen molar-refractivity contribution in [2.75, 3.05) is 5.73 Å². The molecule has 24 heavy (non-hydrogen) atoms. The van der Waals surface area contributed by atoms with Crippen LogP contribution in [0.5, 0.6) is 0 Å². The Morgan fingerprint density at radius 3 is 2.54 bits per heavy atom. The number of hydrogen-bond donors (Lipinski definition) is 2. The standard InChI is InChI=1S/C20H17FN2O/c21-12-6-7-16(20(23)24)17(10-12)19-15-3-1-2-13(11-4-5-11)14(15)8-9-18(19)22/h1-3,6-11H,4-5,22H2,(H2,23,24). The van der Waals surface area contributed by atoms with E-state index in [4.69, 9.17) is 11.5 Å². The molecule has 1 aliphatic carbocycles. The van der Waals surface area contributed by atoms with Gasteiger partial charge in [0.05, 0.1) is 0 Å². The lowest BCUT2D eigenvalue weighted by atomic mass is 9.90. The molecule has 1 aliphatic rings. The molecule has 3 aromatic carbocycles. The molecule has 3 nitrogen and oxygen atoms in total. The van der Waals surface area contributed by atoms with Gasteiger partial charge in [0.1, 0.15) is 5.82 Å². The highest BCUT2D eigenvalue weighted by molar-refractivity contribution is 6.09. The van der Waals surface area contributed by atoms with Crippen LogP contribution in [0.4, 0.5) is 10.1 Å². The minimum absolute atomic E-state index is 0.271. The monoisotopic (exact) mass is 320 g/mol. The predicted molar refractivity (Wildman–Crippen MR) is 94.2 cm³/mol. The molecule has 1 fully saturated rings. The zero-order chi connectivity index (χ0) is 16.8. The van der Waals surface area contributed by atoms with Crippen LogP contribution in [0.25, 0.3) is 21.9 Å². The Kier molecular flexibility index (Phi) is 3.27. The van der Waals surface area contributed by atoms with Crippen LogP contribution in [0.15, 0.2) is 48.5 Å².